The highest BCUT2D eigenvalue weighted by Crippen LogP contribution is 2.67. The van der Waals surface area contributed by atoms with Gasteiger partial charge in [-0.25, -0.2) is 0 Å². The molecule has 27 heavy (non-hydrogen) atoms. The first kappa shape index (κ1) is 17.7. The van der Waals surface area contributed by atoms with Crippen LogP contribution in [0.1, 0.15) is 64.9 Å². The molecule has 0 amide bonds. The van der Waals surface area contributed by atoms with Gasteiger partial charge in [0.1, 0.15) is 0 Å². The minimum Gasteiger partial charge on any atom is -0.393 e. The summed E-state index contributed by atoms with van der Waals surface area (Å²) in [4.78, 5) is 4.39. The van der Waals surface area contributed by atoms with Crippen molar-refractivity contribution in [2.75, 3.05) is 0 Å². The number of nitrogens with zero attached hydrogens (tertiary/aromatic N) is 1. The Kier molecular flexibility index (Phi) is 3.95. The van der Waals surface area contributed by atoms with E-state index in [2.05, 4.69) is 56.2 Å². The van der Waals surface area contributed by atoms with Crippen LogP contribution in [0.15, 0.2) is 42.3 Å². The van der Waals surface area contributed by atoms with Gasteiger partial charge in [0.2, 0.25) is 0 Å². The van der Waals surface area contributed by atoms with Crippen molar-refractivity contribution in [2.45, 2.75) is 65.4 Å². The third-order valence-electron chi connectivity index (χ3n) is 8.96. The molecule has 0 aliphatic heterocycles. The average molecular weight is 364 g/mol. The lowest BCUT2D eigenvalue weighted by Crippen LogP contribution is -2.52. The van der Waals surface area contributed by atoms with Crippen molar-refractivity contribution in [1.82, 2.24) is 4.98 Å². The van der Waals surface area contributed by atoms with Gasteiger partial charge in [0.15, 0.2) is 0 Å². The van der Waals surface area contributed by atoms with Crippen LogP contribution < -0.4 is 0 Å². The molecule has 0 radical (unpaired) electrons. The van der Waals surface area contributed by atoms with Crippen molar-refractivity contribution in [1.29, 1.82) is 0 Å². The number of allylic oxidation sites excluding steroid dienone is 3. The lowest BCUT2D eigenvalue weighted by atomic mass is 9.45. The molecule has 0 spiro atoms. The highest BCUT2D eigenvalue weighted by atomic mass is 16.3. The second-order valence-electron chi connectivity index (χ2n) is 10.2. The molecule has 0 aromatic carbocycles. The highest BCUT2D eigenvalue weighted by molar-refractivity contribution is 5.72. The normalized spacial score (nSPS) is 46.0. The van der Waals surface area contributed by atoms with Crippen molar-refractivity contribution in [2.24, 2.45) is 34.5 Å². The summed E-state index contributed by atoms with van der Waals surface area (Å²) in [6.07, 6.45) is 15.8. The summed E-state index contributed by atoms with van der Waals surface area (Å²) in [5.74, 6) is 2.90. The van der Waals surface area contributed by atoms with Crippen LogP contribution in [0, 0.1) is 34.5 Å². The van der Waals surface area contributed by atoms with Crippen LogP contribution in [0.25, 0.3) is 5.57 Å². The first-order chi connectivity index (χ1) is 12.9. The monoisotopic (exact) mass is 363 g/mol. The SMILES string of the molecule is C[C@H]1C=C2C[C@@H](O)CC[C@]2(C)[C@H]2CC[C@]3(C)C(c4cccnc4)=CC[C@H]3[C@H]12. The number of aromatic nitrogens is 1. The van der Waals surface area contributed by atoms with E-state index in [1.54, 1.807) is 11.1 Å². The maximum absolute atomic E-state index is 10.2. The second-order valence-corrected chi connectivity index (χ2v) is 10.2. The van der Waals surface area contributed by atoms with Gasteiger partial charge in [-0.3, -0.25) is 4.98 Å². The number of hydrogen-bond donors (Lipinski definition) is 1. The van der Waals surface area contributed by atoms with Gasteiger partial charge < -0.3 is 5.11 Å². The standard InChI is InChI=1S/C25H33NO/c1-16-13-18-14-19(27)8-10-24(18,2)22-9-11-25(3)20(6-7-21(25)23(16)22)17-5-4-12-26-15-17/h4-6,12-13,15-16,19,21-23,27H,7-11,14H2,1-3H3/t16-,19-,21-,22-,23-,24-,25+/m0/s1. The summed E-state index contributed by atoms with van der Waals surface area (Å²) >= 11 is 0. The molecule has 2 saturated carbocycles. The number of aliphatic hydroxyl groups excluding tert-OH is 1. The quantitative estimate of drug-likeness (QED) is 0.655. The van der Waals surface area contributed by atoms with E-state index in [4.69, 9.17) is 0 Å². The van der Waals surface area contributed by atoms with Crippen LogP contribution >= 0.6 is 0 Å². The van der Waals surface area contributed by atoms with Crippen LogP contribution in [0.3, 0.4) is 0 Å². The van der Waals surface area contributed by atoms with Gasteiger partial charge in [-0.05, 0) is 90.2 Å². The lowest BCUT2D eigenvalue weighted by Gasteiger charge is -2.59. The number of rotatable bonds is 1. The van der Waals surface area contributed by atoms with Gasteiger partial charge in [-0.2, -0.15) is 0 Å². The van der Waals surface area contributed by atoms with E-state index in [0.717, 1.165) is 30.6 Å². The van der Waals surface area contributed by atoms with Crippen molar-refractivity contribution >= 4 is 5.57 Å². The molecular weight excluding hydrogens is 330 g/mol. The summed E-state index contributed by atoms with van der Waals surface area (Å²) in [6, 6.07) is 4.32. The fourth-order valence-electron chi connectivity index (χ4n) is 7.54. The summed E-state index contributed by atoms with van der Waals surface area (Å²) in [5, 5.41) is 10.2. The molecule has 144 valence electrons. The Labute approximate surface area is 163 Å². The van der Waals surface area contributed by atoms with Gasteiger partial charge >= 0.3 is 0 Å². The topological polar surface area (TPSA) is 33.1 Å². The molecule has 7 atom stereocenters. The molecule has 2 fully saturated rings. The zero-order valence-electron chi connectivity index (χ0n) is 17.0. The molecule has 5 rings (SSSR count). The maximum atomic E-state index is 10.2. The molecule has 1 aromatic heterocycles. The van der Waals surface area contributed by atoms with Crippen molar-refractivity contribution in [3.8, 4) is 0 Å². The number of hydrogen-bond acceptors (Lipinski definition) is 2. The zero-order chi connectivity index (χ0) is 18.8. The molecule has 2 nitrogen and oxygen atoms in total. The fourth-order valence-corrected chi connectivity index (χ4v) is 7.54. The predicted molar refractivity (Wildman–Crippen MR) is 110 cm³/mol. The second kappa shape index (κ2) is 6.04. The molecular formula is C25H33NO. The van der Waals surface area contributed by atoms with Crippen LogP contribution in [0.5, 0.6) is 0 Å². The Bertz CT molecular complexity index is 796. The molecule has 0 saturated heterocycles. The molecule has 1 N–H and O–H groups in total. The molecule has 0 bridgehead atoms. The first-order valence-electron chi connectivity index (χ1n) is 10.9. The van der Waals surface area contributed by atoms with Gasteiger partial charge in [-0.1, -0.05) is 44.6 Å². The Hall–Kier alpha value is -1.41. The van der Waals surface area contributed by atoms with E-state index >= 15 is 0 Å². The molecule has 1 heterocycles. The summed E-state index contributed by atoms with van der Waals surface area (Å²) in [5.41, 5.74) is 5.04. The predicted octanol–water partition coefficient (Wildman–Crippen LogP) is 5.64. The van der Waals surface area contributed by atoms with E-state index in [-0.39, 0.29) is 11.5 Å². The molecule has 2 heteroatoms. The van der Waals surface area contributed by atoms with Gasteiger partial charge in [0.25, 0.3) is 0 Å². The van der Waals surface area contributed by atoms with E-state index < -0.39 is 0 Å². The number of aliphatic hydroxyl groups is 1. The van der Waals surface area contributed by atoms with Gasteiger partial charge in [0, 0.05) is 12.4 Å². The Morgan fingerprint density at radius 3 is 2.70 bits per heavy atom. The third-order valence-corrected chi connectivity index (χ3v) is 8.96. The van der Waals surface area contributed by atoms with Gasteiger partial charge in [0.05, 0.1) is 6.10 Å². The highest BCUT2D eigenvalue weighted by Gasteiger charge is 2.58. The van der Waals surface area contributed by atoms with Crippen molar-refractivity contribution < 1.29 is 5.11 Å². The average Bonchev–Trinajstić information content (AvgIpc) is 3.01. The minimum absolute atomic E-state index is 0.118. The molecule has 0 unspecified atom stereocenters. The molecule has 1 aromatic rings. The van der Waals surface area contributed by atoms with Crippen LogP contribution in [-0.2, 0) is 0 Å². The zero-order valence-corrected chi connectivity index (χ0v) is 17.0. The Morgan fingerprint density at radius 1 is 1.11 bits per heavy atom. The Balaban J connectivity index is 1.52. The van der Waals surface area contributed by atoms with E-state index in [1.165, 1.54) is 31.2 Å². The van der Waals surface area contributed by atoms with Gasteiger partial charge in [-0.15, -0.1) is 0 Å². The summed E-state index contributed by atoms with van der Waals surface area (Å²) in [7, 11) is 0. The molecule has 4 aliphatic carbocycles. The van der Waals surface area contributed by atoms with Crippen molar-refractivity contribution in [3.63, 3.8) is 0 Å². The van der Waals surface area contributed by atoms with E-state index in [1.807, 2.05) is 6.20 Å². The van der Waals surface area contributed by atoms with Crippen molar-refractivity contribution in [3.05, 3.63) is 47.8 Å². The third kappa shape index (κ3) is 2.45. The number of fused-ring (bicyclic) bond motifs is 5. The smallest absolute Gasteiger partial charge is 0.0577 e. The lowest BCUT2D eigenvalue weighted by molar-refractivity contribution is -0.0425. The largest absolute Gasteiger partial charge is 0.393 e. The molecule has 4 aliphatic rings. The maximum Gasteiger partial charge on any atom is 0.0577 e. The van der Waals surface area contributed by atoms with Crippen LogP contribution in [-0.4, -0.2) is 16.2 Å². The summed E-state index contributed by atoms with van der Waals surface area (Å²) < 4.78 is 0. The fraction of sp³-hybridized carbons (Fsp3) is 0.640. The van der Waals surface area contributed by atoms with E-state index in [0.29, 0.717) is 11.3 Å². The van der Waals surface area contributed by atoms with Crippen LogP contribution in [0.2, 0.25) is 0 Å². The Morgan fingerprint density at radius 2 is 1.93 bits per heavy atom. The first-order valence-corrected chi connectivity index (χ1v) is 10.9. The number of pyridine rings is 1. The van der Waals surface area contributed by atoms with Crippen LogP contribution in [0.4, 0.5) is 0 Å². The summed E-state index contributed by atoms with van der Waals surface area (Å²) in [6.45, 7) is 7.49. The minimum atomic E-state index is -0.118. The van der Waals surface area contributed by atoms with E-state index in [9.17, 15) is 5.11 Å².